The van der Waals surface area contributed by atoms with Crippen molar-refractivity contribution in [3.63, 3.8) is 0 Å². The number of halogens is 1. The van der Waals surface area contributed by atoms with Crippen LogP contribution < -0.4 is 5.32 Å². The summed E-state index contributed by atoms with van der Waals surface area (Å²) in [5.74, 6) is 0.257. The van der Waals surface area contributed by atoms with Crippen LogP contribution in [0.3, 0.4) is 0 Å². The van der Waals surface area contributed by atoms with Crippen LogP contribution in [0.2, 0.25) is 5.02 Å². The van der Waals surface area contributed by atoms with Crippen LogP contribution in [0.4, 0.5) is 5.69 Å². The molecule has 1 saturated heterocycles. The van der Waals surface area contributed by atoms with E-state index in [2.05, 4.69) is 19.2 Å². The molecule has 1 amide bonds. The fourth-order valence-electron chi connectivity index (χ4n) is 4.41. The quantitative estimate of drug-likeness (QED) is 0.461. The molecule has 1 aromatic rings. The Labute approximate surface area is 190 Å². The molecule has 5 heteroatoms. The topological polar surface area (TPSA) is 29.1 Å². The number of hydrogen-bond acceptors (Lipinski definition) is 1. The van der Waals surface area contributed by atoms with Crippen molar-refractivity contribution in [1.82, 2.24) is 0 Å². The van der Waals surface area contributed by atoms with Crippen LogP contribution in [0.25, 0.3) is 0 Å². The van der Waals surface area contributed by atoms with Crippen LogP contribution in [0.5, 0.6) is 0 Å². The minimum absolute atomic E-state index is 0. The van der Waals surface area contributed by atoms with Crippen LogP contribution in [0.15, 0.2) is 12.1 Å². The maximum Gasteiger partial charge on any atom is 0.265 e. The zero-order valence-corrected chi connectivity index (χ0v) is 21.4. The Morgan fingerprint density at radius 1 is 1.12 bits per heavy atom. The molecule has 1 aliphatic heterocycles. The second-order valence-corrected chi connectivity index (χ2v) is 12.6. The van der Waals surface area contributed by atoms with E-state index in [1.165, 1.54) is 44.2 Å². The molecule has 2 rings (SSSR count). The Morgan fingerprint density at radius 2 is 1.65 bits per heavy atom. The second kappa shape index (κ2) is 11.5. The van der Waals surface area contributed by atoms with Gasteiger partial charge < -0.3 is 5.32 Å². The van der Waals surface area contributed by atoms with Gasteiger partial charge in [0.1, 0.15) is 5.66 Å². The Kier molecular flexibility index (Phi) is 10.9. The molecule has 1 fully saturated rings. The minimum Gasteiger partial charge on any atom is -0.322 e. The largest absolute Gasteiger partial charge is 0.322 e. The van der Waals surface area contributed by atoms with Crippen molar-refractivity contribution < 1.29 is 37.5 Å². The first-order valence-corrected chi connectivity index (χ1v) is 12.7. The van der Waals surface area contributed by atoms with Gasteiger partial charge in [-0.25, -0.2) is 0 Å². The number of rotatable bonds is 6. The number of anilines is 1. The molecule has 1 radical (unpaired) electrons. The van der Waals surface area contributed by atoms with Gasteiger partial charge >= 0.3 is 0 Å². The van der Waals surface area contributed by atoms with Crippen LogP contribution in [-0.2, 0) is 37.5 Å². The molecule has 0 aromatic heterocycles. The zero-order valence-electron chi connectivity index (χ0n) is 16.9. The van der Waals surface area contributed by atoms with Crippen LogP contribution in [0.1, 0.15) is 63.5 Å². The Morgan fingerprint density at radius 3 is 2.12 bits per heavy atom. The molecule has 26 heavy (non-hydrogen) atoms. The Balaban J connectivity index is 0.00000338. The number of nitrogens with one attached hydrogen (secondary N) is 1. The van der Waals surface area contributed by atoms with Gasteiger partial charge in [-0.05, 0) is 76.1 Å². The zero-order chi connectivity index (χ0) is 18.4. The van der Waals surface area contributed by atoms with Crippen LogP contribution in [0, 0.1) is 13.8 Å². The summed E-state index contributed by atoms with van der Waals surface area (Å²) in [5.41, 5.74) is 3.28. The molecule has 0 bridgehead atoms. The summed E-state index contributed by atoms with van der Waals surface area (Å²) in [6.45, 7) is 8.59. The first-order valence-electron chi connectivity index (χ1n) is 9.87. The number of amides is 1. The van der Waals surface area contributed by atoms with Crippen molar-refractivity contribution in [2.24, 2.45) is 0 Å². The van der Waals surface area contributed by atoms with Crippen molar-refractivity contribution in [3.05, 3.63) is 28.3 Å². The average molecular weight is 472 g/mol. The summed E-state index contributed by atoms with van der Waals surface area (Å²) in [5, 5.41) is 4.03. The average Bonchev–Trinajstić information content (AvgIpc) is 2.82. The van der Waals surface area contributed by atoms with E-state index in [0.717, 1.165) is 34.7 Å². The predicted molar refractivity (Wildman–Crippen MR) is 114 cm³/mol. The van der Waals surface area contributed by atoms with E-state index in [1.807, 2.05) is 26.0 Å². The predicted octanol–water partition coefficient (Wildman–Crippen LogP) is 6.67. The fourth-order valence-corrected chi connectivity index (χ4v) is 9.73. The molecular formula is C21H34ClNOPY+. The van der Waals surface area contributed by atoms with E-state index < -0.39 is 7.26 Å². The van der Waals surface area contributed by atoms with Crippen molar-refractivity contribution in [2.75, 3.05) is 23.8 Å². The van der Waals surface area contributed by atoms with E-state index in [4.69, 9.17) is 11.6 Å². The van der Waals surface area contributed by atoms with Gasteiger partial charge in [0.25, 0.3) is 5.91 Å². The number of carbonyl (C=O) groups excluding carboxylic acids is 1. The standard InChI is InChI=1S/C21H33ClNOP.Y/c1-5-11-19(25(6-2)12-9-7-8-10-13-25)21(24)23-20-16(3)14-18(22)15-17(20)4;/h14-15,19H,5-13H2,1-4H3;/p+1. The van der Waals surface area contributed by atoms with Gasteiger partial charge in [-0.1, -0.05) is 24.9 Å². The first kappa shape index (κ1) is 24.6. The third-order valence-electron chi connectivity index (χ3n) is 5.86. The third kappa shape index (κ3) is 6.00. The molecule has 1 aromatic carbocycles. The monoisotopic (exact) mass is 471 g/mol. The van der Waals surface area contributed by atoms with Gasteiger partial charge in [-0.2, -0.15) is 0 Å². The van der Waals surface area contributed by atoms with Crippen LogP contribution >= 0.6 is 18.9 Å². The van der Waals surface area contributed by atoms with Gasteiger partial charge in [0.2, 0.25) is 0 Å². The molecule has 0 spiro atoms. The van der Waals surface area contributed by atoms with Crippen molar-refractivity contribution in [2.45, 2.75) is 71.9 Å². The molecule has 0 saturated carbocycles. The molecular weight excluding hydrogens is 438 g/mol. The number of benzene rings is 1. The van der Waals surface area contributed by atoms with Gasteiger partial charge in [0.15, 0.2) is 0 Å². The molecule has 143 valence electrons. The molecule has 1 unspecified atom stereocenters. The minimum atomic E-state index is -1.21. The van der Waals surface area contributed by atoms with E-state index in [-0.39, 0.29) is 44.3 Å². The Bertz CT molecular complexity index is 577. The molecule has 1 aliphatic rings. The summed E-state index contributed by atoms with van der Waals surface area (Å²) < 4.78 is 0. The number of hydrogen-bond donors (Lipinski definition) is 1. The molecule has 1 heterocycles. The fraction of sp³-hybridized carbons (Fsp3) is 0.667. The van der Waals surface area contributed by atoms with Gasteiger partial charge in [0.05, 0.1) is 18.5 Å². The second-order valence-electron chi connectivity index (χ2n) is 7.60. The SMILES string of the molecule is CCCC(C(=O)Nc1c(C)cc(Cl)cc1C)[P+]1(CC)CCCCCC1.[Y]. The number of aryl methyl sites for hydroxylation is 2. The smallest absolute Gasteiger partial charge is 0.265 e. The van der Waals surface area contributed by atoms with Crippen LogP contribution in [-0.4, -0.2) is 30.1 Å². The van der Waals surface area contributed by atoms with E-state index in [9.17, 15) is 4.79 Å². The molecule has 1 atom stereocenters. The molecule has 2 nitrogen and oxygen atoms in total. The van der Waals surface area contributed by atoms with Crippen molar-refractivity contribution >= 4 is 30.5 Å². The molecule has 0 aliphatic carbocycles. The maximum absolute atomic E-state index is 13.4. The first-order chi connectivity index (χ1) is 11.9. The van der Waals surface area contributed by atoms with Crippen molar-refractivity contribution in [3.8, 4) is 0 Å². The van der Waals surface area contributed by atoms with E-state index in [0.29, 0.717) is 0 Å². The summed E-state index contributed by atoms with van der Waals surface area (Å²) in [4.78, 5) is 13.4. The van der Waals surface area contributed by atoms with E-state index >= 15 is 0 Å². The normalized spacial score (nSPS) is 17.7. The third-order valence-corrected chi connectivity index (χ3v) is 11.6. The summed E-state index contributed by atoms with van der Waals surface area (Å²) >= 11 is 6.15. The van der Waals surface area contributed by atoms with Gasteiger partial charge in [0, 0.05) is 50.7 Å². The summed E-state index contributed by atoms with van der Waals surface area (Å²) in [6.07, 6.45) is 11.2. The van der Waals surface area contributed by atoms with Crippen molar-refractivity contribution in [1.29, 1.82) is 0 Å². The summed E-state index contributed by atoms with van der Waals surface area (Å²) in [7, 11) is -1.21. The van der Waals surface area contributed by atoms with Gasteiger partial charge in [-0.15, -0.1) is 0 Å². The number of carbonyl (C=O) groups is 1. The van der Waals surface area contributed by atoms with Gasteiger partial charge in [-0.3, -0.25) is 4.79 Å². The summed E-state index contributed by atoms with van der Waals surface area (Å²) in [6, 6.07) is 3.88. The maximum atomic E-state index is 13.4. The Hall–Kier alpha value is 0.514. The van der Waals surface area contributed by atoms with E-state index in [1.54, 1.807) is 0 Å². The molecule has 1 N–H and O–H groups in total.